The van der Waals surface area contributed by atoms with Crippen LogP contribution in [0.2, 0.25) is 5.02 Å². The number of fused-ring (bicyclic) bond motifs is 1. The van der Waals surface area contributed by atoms with Gasteiger partial charge in [-0.25, -0.2) is 4.98 Å². The van der Waals surface area contributed by atoms with Crippen molar-refractivity contribution in [2.24, 2.45) is 0 Å². The zero-order valence-corrected chi connectivity index (χ0v) is 12.4. The molecule has 0 radical (unpaired) electrons. The van der Waals surface area contributed by atoms with Gasteiger partial charge in [-0.1, -0.05) is 41.4 Å². The molecular formula is C16H11ClN2O3. The molecule has 0 saturated heterocycles. The molecule has 0 aliphatic heterocycles. The Morgan fingerprint density at radius 3 is 2.59 bits per heavy atom. The maximum atomic E-state index is 10.9. The van der Waals surface area contributed by atoms with E-state index < -0.39 is 4.92 Å². The van der Waals surface area contributed by atoms with Crippen molar-refractivity contribution in [2.75, 3.05) is 0 Å². The first kappa shape index (κ1) is 14.3. The van der Waals surface area contributed by atoms with Crippen molar-refractivity contribution >= 4 is 28.2 Å². The fourth-order valence-electron chi connectivity index (χ4n) is 2.10. The highest BCUT2D eigenvalue weighted by Gasteiger charge is 2.18. The minimum absolute atomic E-state index is 0.0596. The van der Waals surface area contributed by atoms with E-state index >= 15 is 0 Å². The summed E-state index contributed by atoms with van der Waals surface area (Å²) in [7, 11) is 0. The molecule has 2 aromatic carbocycles. The van der Waals surface area contributed by atoms with Gasteiger partial charge in [-0.05, 0) is 25.1 Å². The first-order valence-corrected chi connectivity index (χ1v) is 6.90. The molecule has 5 nitrogen and oxygen atoms in total. The molecule has 22 heavy (non-hydrogen) atoms. The topological polar surface area (TPSA) is 65.3 Å². The lowest BCUT2D eigenvalue weighted by molar-refractivity contribution is -0.384. The van der Waals surface area contributed by atoms with Crippen LogP contribution in [0.5, 0.6) is 11.5 Å². The number of rotatable bonds is 3. The van der Waals surface area contributed by atoms with Crippen molar-refractivity contribution in [3.05, 3.63) is 69.4 Å². The molecule has 6 heteroatoms. The Morgan fingerprint density at radius 2 is 1.91 bits per heavy atom. The molecule has 0 fully saturated rings. The number of nitro groups is 1. The summed E-state index contributed by atoms with van der Waals surface area (Å²) in [6, 6.07) is 12.7. The first-order chi connectivity index (χ1) is 10.6. The van der Waals surface area contributed by atoms with Crippen molar-refractivity contribution in [3.8, 4) is 11.5 Å². The summed E-state index contributed by atoms with van der Waals surface area (Å²) in [5, 5.41) is 11.5. The zero-order chi connectivity index (χ0) is 15.7. The average molecular weight is 315 g/mol. The van der Waals surface area contributed by atoms with Gasteiger partial charge in [-0.15, -0.1) is 0 Å². The van der Waals surface area contributed by atoms with Crippen LogP contribution in [0.3, 0.4) is 0 Å². The summed E-state index contributed by atoms with van der Waals surface area (Å²) in [6.07, 6.45) is 1.15. The molecule has 1 aromatic heterocycles. The third kappa shape index (κ3) is 2.58. The number of aromatic nitrogens is 1. The second kappa shape index (κ2) is 5.61. The normalized spacial score (nSPS) is 10.6. The molecule has 3 rings (SSSR count). The largest absolute Gasteiger partial charge is 0.455 e. The lowest BCUT2D eigenvalue weighted by Crippen LogP contribution is -1.94. The highest BCUT2D eigenvalue weighted by atomic mass is 35.5. The number of nitrogens with zero attached hydrogens (tertiary/aromatic N) is 2. The standard InChI is InChI=1S/C16H11ClN2O3/c1-10-5-7-11(8-6-10)22-14-4-2-3-12-15(17)13(19(20)21)9-18-16(12)14/h2-9H,1H3. The van der Waals surface area contributed by atoms with Gasteiger partial charge in [0.25, 0.3) is 0 Å². The fourth-order valence-corrected chi connectivity index (χ4v) is 2.37. The number of pyridine rings is 1. The molecular weight excluding hydrogens is 304 g/mol. The number of ether oxygens (including phenoxy) is 1. The van der Waals surface area contributed by atoms with E-state index in [1.54, 1.807) is 18.2 Å². The number of benzene rings is 2. The van der Waals surface area contributed by atoms with Gasteiger partial charge in [0.1, 0.15) is 22.5 Å². The van der Waals surface area contributed by atoms with Crippen molar-refractivity contribution in [2.45, 2.75) is 6.92 Å². The molecule has 0 unspecified atom stereocenters. The van der Waals surface area contributed by atoms with Crippen LogP contribution < -0.4 is 4.74 Å². The van der Waals surface area contributed by atoms with Crippen molar-refractivity contribution in [1.29, 1.82) is 0 Å². The van der Waals surface area contributed by atoms with Gasteiger partial charge < -0.3 is 4.74 Å². The number of aryl methyl sites for hydroxylation is 1. The van der Waals surface area contributed by atoms with Gasteiger partial charge >= 0.3 is 5.69 Å². The Bertz CT molecular complexity index is 863. The van der Waals surface area contributed by atoms with E-state index in [2.05, 4.69) is 4.98 Å². The van der Waals surface area contributed by atoms with Crippen molar-refractivity contribution in [1.82, 2.24) is 4.98 Å². The van der Waals surface area contributed by atoms with Gasteiger partial charge in [0.2, 0.25) is 0 Å². The van der Waals surface area contributed by atoms with Crippen LogP contribution in [0.4, 0.5) is 5.69 Å². The van der Waals surface area contributed by atoms with Crippen LogP contribution in [0.15, 0.2) is 48.7 Å². The second-order valence-electron chi connectivity index (χ2n) is 4.78. The Labute approximate surface area is 131 Å². The molecule has 0 bridgehead atoms. The molecule has 0 saturated carbocycles. The first-order valence-electron chi connectivity index (χ1n) is 6.52. The van der Waals surface area contributed by atoms with Gasteiger partial charge in [-0.2, -0.15) is 0 Å². The lowest BCUT2D eigenvalue weighted by atomic mass is 10.2. The van der Waals surface area contributed by atoms with Crippen LogP contribution in [0, 0.1) is 17.0 Å². The molecule has 0 N–H and O–H groups in total. The maximum Gasteiger partial charge on any atom is 0.306 e. The Balaban J connectivity index is 2.09. The predicted molar refractivity (Wildman–Crippen MR) is 84.7 cm³/mol. The van der Waals surface area contributed by atoms with Crippen LogP contribution >= 0.6 is 11.6 Å². The summed E-state index contributed by atoms with van der Waals surface area (Å²) < 4.78 is 5.81. The number of hydrogen-bond acceptors (Lipinski definition) is 4. The monoisotopic (exact) mass is 314 g/mol. The van der Waals surface area contributed by atoms with Crippen LogP contribution in [-0.4, -0.2) is 9.91 Å². The van der Waals surface area contributed by atoms with Gasteiger partial charge in [0.05, 0.1) is 4.92 Å². The van der Waals surface area contributed by atoms with E-state index in [4.69, 9.17) is 16.3 Å². The lowest BCUT2D eigenvalue weighted by Gasteiger charge is -2.09. The third-order valence-electron chi connectivity index (χ3n) is 3.22. The van der Waals surface area contributed by atoms with E-state index in [9.17, 15) is 10.1 Å². The minimum Gasteiger partial charge on any atom is -0.455 e. The molecule has 0 spiro atoms. The number of para-hydroxylation sites is 1. The quantitative estimate of drug-likeness (QED) is 0.509. The summed E-state index contributed by atoms with van der Waals surface area (Å²) in [4.78, 5) is 14.5. The van der Waals surface area contributed by atoms with Gasteiger partial charge in [-0.3, -0.25) is 10.1 Å². The highest BCUT2D eigenvalue weighted by molar-refractivity contribution is 6.37. The number of halogens is 1. The smallest absolute Gasteiger partial charge is 0.306 e. The summed E-state index contributed by atoms with van der Waals surface area (Å²) in [5.74, 6) is 1.16. The molecule has 0 aliphatic carbocycles. The molecule has 1 heterocycles. The summed E-state index contributed by atoms with van der Waals surface area (Å²) in [5.41, 5.74) is 1.39. The van der Waals surface area contributed by atoms with E-state index in [1.807, 2.05) is 31.2 Å². The zero-order valence-electron chi connectivity index (χ0n) is 11.6. The van der Waals surface area contributed by atoms with E-state index in [0.717, 1.165) is 11.8 Å². The van der Waals surface area contributed by atoms with Crippen molar-refractivity contribution < 1.29 is 9.66 Å². The summed E-state index contributed by atoms with van der Waals surface area (Å²) in [6.45, 7) is 1.99. The minimum atomic E-state index is -0.553. The van der Waals surface area contributed by atoms with E-state index in [0.29, 0.717) is 22.4 Å². The Morgan fingerprint density at radius 1 is 1.18 bits per heavy atom. The van der Waals surface area contributed by atoms with Gasteiger partial charge in [0.15, 0.2) is 5.75 Å². The molecule has 0 amide bonds. The highest BCUT2D eigenvalue weighted by Crippen LogP contribution is 2.36. The van der Waals surface area contributed by atoms with Crippen LogP contribution in [-0.2, 0) is 0 Å². The van der Waals surface area contributed by atoms with Crippen molar-refractivity contribution in [3.63, 3.8) is 0 Å². The summed E-state index contributed by atoms with van der Waals surface area (Å²) >= 11 is 6.10. The molecule has 0 aliphatic rings. The van der Waals surface area contributed by atoms with E-state index in [-0.39, 0.29) is 10.7 Å². The SMILES string of the molecule is Cc1ccc(Oc2cccc3c(Cl)c([N+](=O)[O-])cnc23)cc1. The Kier molecular flexibility index (Phi) is 3.65. The fraction of sp³-hybridized carbons (Fsp3) is 0.0625. The molecule has 110 valence electrons. The van der Waals surface area contributed by atoms with Crippen LogP contribution in [0.1, 0.15) is 5.56 Å². The molecule has 0 atom stereocenters. The van der Waals surface area contributed by atoms with Crippen LogP contribution in [0.25, 0.3) is 10.9 Å². The third-order valence-corrected chi connectivity index (χ3v) is 3.62. The van der Waals surface area contributed by atoms with Gasteiger partial charge in [0, 0.05) is 5.39 Å². The number of hydrogen-bond donors (Lipinski definition) is 0. The average Bonchev–Trinajstić information content (AvgIpc) is 2.50. The second-order valence-corrected chi connectivity index (χ2v) is 5.16. The Hall–Kier alpha value is -2.66. The molecule has 3 aromatic rings. The van der Waals surface area contributed by atoms with E-state index in [1.165, 1.54) is 0 Å². The maximum absolute atomic E-state index is 10.9. The predicted octanol–water partition coefficient (Wildman–Crippen LogP) is 4.90.